The van der Waals surface area contributed by atoms with Gasteiger partial charge in [0.2, 0.25) is 0 Å². The van der Waals surface area contributed by atoms with Crippen molar-refractivity contribution in [3.8, 4) is 11.4 Å². The molecule has 0 spiro atoms. The number of nitrogen functional groups attached to an aromatic ring is 1. The molecule has 3 aromatic rings. The predicted octanol–water partition coefficient (Wildman–Crippen LogP) is 3.81. The van der Waals surface area contributed by atoms with Crippen LogP contribution in [0.1, 0.15) is 63.0 Å². The van der Waals surface area contributed by atoms with Crippen molar-refractivity contribution in [3.63, 3.8) is 0 Å². The maximum Gasteiger partial charge on any atom is 0.337 e. The van der Waals surface area contributed by atoms with Gasteiger partial charge in [-0.2, -0.15) is 0 Å². The molecule has 9 heteroatoms. The van der Waals surface area contributed by atoms with Crippen LogP contribution in [0.4, 0.5) is 15.9 Å². The lowest BCUT2D eigenvalue weighted by Crippen LogP contribution is -2.40. The highest BCUT2D eigenvalue weighted by Crippen LogP contribution is 2.40. The Morgan fingerprint density at radius 1 is 0.971 bits per heavy atom. The monoisotopic (exact) mass is 482 g/mol. The number of hydrogen-bond donors (Lipinski definition) is 3. The molecule has 0 atom stereocenters. The number of aromatic hydroxyl groups is 1. The largest absolute Gasteiger partial charge is 0.507 e. The molecule has 1 heterocycles. The molecule has 0 saturated heterocycles. The van der Waals surface area contributed by atoms with E-state index in [4.69, 9.17) is 5.73 Å². The summed E-state index contributed by atoms with van der Waals surface area (Å²) in [5.74, 6) is -1.31. The Balaban J connectivity index is 2.19. The third kappa shape index (κ3) is 4.84. The van der Waals surface area contributed by atoms with E-state index in [1.54, 1.807) is 12.1 Å². The number of carbonyl (C=O) groups is 1. The van der Waals surface area contributed by atoms with Crippen LogP contribution in [-0.4, -0.2) is 20.1 Å². The maximum absolute atomic E-state index is 13.4. The van der Waals surface area contributed by atoms with Crippen molar-refractivity contribution in [1.82, 2.24) is 9.13 Å². The molecule has 1 amide bonds. The summed E-state index contributed by atoms with van der Waals surface area (Å²) in [4.78, 5) is 39.0. The number of nitrogens with one attached hydrogen (secondary N) is 1. The van der Waals surface area contributed by atoms with Crippen LogP contribution in [0.5, 0.6) is 5.75 Å². The standard InChI is InChI=1S/C26H31FN4O4/c1-25(2,3)17-12-14(13-18(20(17)32)26(4,5)6)22(33)29-19-21(28)31(24(35)30(7)23(19)34)16-10-8-15(27)9-11-16/h8-13,32H,28H2,1-7H3,(H,29,33). The molecule has 8 nitrogen and oxygen atoms in total. The molecule has 2 aromatic carbocycles. The molecule has 1 aromatic heterocycles. The lowest BCUT2D eigenvalue weighted by molar-refractivity contribution is 0.102. The van der Waals surface area contributed by atoms with Gasteiger partial charge < -0.3 is 16.2 Å². The minimum Gasteiger partial charge on any atom is -0.507 e. The quantitative estimate of drug-likeness (QED) is 0.524. The fraction of sp³-hybridized carbons (Fsp3) is 0.346. The van der Waals surface area contributed by atoms with Crippen molar-refractivity contribution in [2.45, 2.75) is 52.4 Å². The van der Waals surface area contributed by atoms with Gasteiger partial charge in [0, 0.05) is 23.7 Å². The number of phenols is 1. The molecule has 0 aliphatic heterocycles. The highest BCUT2D eigenvalue weighted by molar-refractivity contribution is 6.06. The number of amides is 1. The molecular weight excluding hydrogens is 451 g/mol. The van der Waals surface area contributed by atoms with E-state index >= 15 is 0 Å². The van der Waals surface area contributed by atoms with Gasteiger partial charge in [0.1, 0.15) is 23.1 Å². The van der Waals surface area contributed by atoms with Crippen molar-refractivity contribution >= 4 is 17.4 Å². The predicted molar refractivity (Wildman–Crippen MR) is 135 cm³/mol. The normalized spacial score (nSPS) is 12.0. The number of nitrogens with two attached hydrogens (primary N) is 1. The molecule has 4 N–H and O–H groups in total. The van der Waals surface area contributed by atoms with Crippen LogP contribution in [-0.2, 0) is 17.9 Å². The number of carbonyl (C=O) groups excluding carboxylic acids is 1. The molecule has 0 fully saturated rings. The molecule has 3 rings (SSSR count). The number of halogens is 1. The number of anilines is 2. The zero-order valence-corrected chi connectivity index (χ0v) is 21.0. The number of benzene rings is 2. The van der Waals surface area contributed by atoms with E-state index in [1.807, 2.05) is 41.5 Å². The van der Waals surface area contributed by atoms with E-state index < -0.39 is 33.8 Å². The van der Waals surface area contributed by atoms with Gasteiger partial charge >= 0.3 is 5.69 Å². The topological polar surface area (TPSA) is 119 Å². The molecule has 0 aliphatic carbocycles. The molecule has 0 saturated carbocycles. The summed E-state index contributed by atoms with van der Waals surface area (Å²) in [6.07, 6.45) is 0. The Morgan fingerprint density at radius 2 is 1.46 bits per heavy atom. The number of rotatable bonds is 3. The average Bonchev–Trinajstić information content (AvgIpc) is 2.75. The number of aromatic nitrogens is 2. The molecule has 186 valence electrons. The first-order chi connectivity index (χ1) is 16.0. The Kier molecular flexibility index (Phi) is 6.41. The summed E-state index contributed by atoms with van der Waals surface area (Å²) in [7, 11) is 1.26. The van der Waals surface area contributed by atoms with Crippen molar-refractivity contribution < 1.29 is 14.3 Å². The van der Waals surface area contributed by atoms with Crippen molar-refractivity contribution in [1.29, 1.82) is 0 Å². The first-order valence-corrected chi connectivity index (χ1v) is 11.1. The molecule has 35 heavy (non-hydrogen) atoms. The summed E-state index contributed by atoms with van der Waals surface area (Å²) in [6, 6.07) is 8.15. The van der Waals surface area contributed by atoms with Gasteiger partial charge in [-0.1, -0.05) is 41.5 Å². The number of hydrogen-bond acceptors (Lipinski definition) is 5. The Bertz CT molecular complexity index is 1390. The zero-order valence-electron chi connectivity index (χ0n) is 21.0. The third-order valence-electron chi connectivity index (χ3n) is 5.81. The SMILES string of the molecule is Cn1c(=O)c(NC(=O)c2cc(C(C)(C)C)c(O)c(C(C)(C)C)c2)c(N)n(-c2ccc(F)cc2)c1=O. The summed E-state index contributed by atoms with van der Waals surface area (Å²) < 4.78 is 15.2. The lowest BCUT2D eigenvalue weighted by atomic mass is 9.78. The van der Waals surface area contributed by atoms with Gasteiger partial charge in [-0.05, 0) is 47.2 Å². The van der Waals surface area contributed by atoms with Gasteiger partial charge in [0.25, 0.3) is 11.5 Å². The van der Waals surface area contributed by atoms with E-state index in [2.05, 4.69) is 5.32 Å². The average molecular weight is 483 g/mol. The first kappa shape index (κ1) is 25.7. The van der Waals surface area contributed by atoms with Gasteiger partial charge in [-0.3, -0.25) is 14.2 Å². The highest BCUT2D eigenvalue weighted by Gasteiger charge is 2.28. The van der Waals surface area contributed by atoms with Crippen LogP contribution in [0.2, 0.25) is 0 Å². The Labute approximate surface area is 202 Å². The second-order valence-electron chi connectivity index (χ2n) is 10.6. The minimum atomic E-state index is -0.787. The first-order valence-electron chi connectivity index (χ1n) is 11.1. The Morgan fingerprint density at radius 3 is 1.91 bits per heavy atom. The van der Waals surface area contributed by atoms with E-state index in [-0.39, 0.29) is 28.5 Å². The molecule has 0 aliphatic rings. The van der Waals surface area contributed by atoms with Crippen LogP contribution in [0.15, 0.2) is 46.0 Å². The van der Waals surface area contributed by atoms with E-state index in [9.17, 15) is 23.9 Å². The molecule has 0 unspecified atom stereocenters. The van der Waals surface area contributed by atoms with Crippen LogP contribution < -0.4 is 22.3 Å². The summed E-state index contributed by atoms with van der Waals surface area (Å²) in [6.45, 7) is 11.5. The zero-order chi connectivity index (χ0) is 26.5. The highest BCUT2D eigenvalue weighted by atomic mass is 19.1. The fourth-order valence-corrected chi connectivity index (χ4v) is 3.78. The summed E-state index contributed by atoms with van der Waals surface area (Å²) in [5.41, 5.74) is 5.03. The molecular formula is C26H31FN4O4. The third-order valence-corrected chi connectivity index (χ3v) is 5.81. The lowest BCUT2D eigenvalue weighted by Gasteiger charge is -2.28. The second-order valence-corrected chi connectivity index (χ2v) is 10.6. The van der Waals surface area contributed by atoms with Gasteiger partial charge in [0.15, 0.2) is 0 Å². The van der Waals surface area contributed by atoms with E-state index in [0.717, 1.165) is 21.3 Å². The van der Waals surface area contributed by atoms with Gasteiger partial charge in [-0.25, -0.2) is 13.8 Å². The van der Waals surface area contributed by atoms with Crippen LogP contribution in [0, 0.1) is 5.82 Å². The fourth-order valence-electron chi connectivity index (χ4n) is 3.78. The van der Waals surface area contributed by atoms with Crippen LogP contribution in [0.25, 0.3) is 5.69 Å². The molecule has 0 radical (unpaired) electrons. The van der Waals surface area contributed by atoms with Gasteiger partial charge in [0.05, 0.1) is 5.69 Å². The smallest absolute Gasteiger partial charge is 0.337 e. The van der Waals surface area contributed by atoms with Crippen molar-refractivity contribution in [2.75, 3.05) is 11.1 Å². The van der Waals surface area contributed by atoms with Crippen LogP contribution >= 0.6 is 0 Å². The second kappa shape index (κ2) is 8.72. The van der Waals surface area contributed by atoms with E-state index in [0.29, 0.717) is 11.1 Å². The number of nitrogens with zero attached hydrogens (tertiary/aromatic N) is 2. The number of phenolic OH excluding ortho intramolecular Hbond substituents is 1. The Hall–Kier alpha value is -3.88. The van der Waals surface area contributed by atoms with E-state index in [1.165, 1.54) is 19.2 Å². The van der Waals surface area contributed by atoms with Gasteiger partial charge in [-0.15, -0.1) is 0 Å². The summed E-state index contributed by atoms with van der Waals surface area (Å²) in [5, 5.41) is 13.5. The minimum absolute atomic E-state index is 0.113. The van der Waals surface area contributed by atoms with Crippen LogP contribution in [0.3, 0.4) is 0 Å². The van der Waals surface area contributed by atoms with Crippen molar-refractivity contribution in [2.24, 2.45) is 7.05 Å². The summed E-state index contributed by atoms with van der Waals surface area (Å²) >= 11 is 0. The van der Waals surface area contributed by atoms with Crippen molar-refractivity contribution in [3.05, 3.63) is 79.7 Å². The maximum atomic E-state index is 13.4. The molecule has 0 bridgehead atoms.